The molecule has 0 saturated heterocycles. The van der Waals surface area contributed by atoms with E-state index in [1.54, 1.807) is 0 Å². The minimum atomic E-state index is -1.88. The smallest absolute Gasteiger partial charge is 0.489 e. The number of halogens is 3. The molecule has 0 bridgehead atoms. The van der Waals surface area contributed by atoms with Gasteiger partial charge in [0.2, 0.25) is 0 Å². The van der Waals surface area contributed by atoms with E-state index in [4.69, 9.17) is 26.4 Å². The fraction of sp³-hybridized carbons (Fsp3) is 0.0769. The monoisotopic (exact) mass is 298 g/mol. The first kappa shape index (κ1) is 14.8. The van der Waals surface area contributed by atoms with Crippen molar-refractivity contribution in [3.05, 3.63) is 58.6 Å². The predicted octanol–water partition coefficient (Wildman–Crippen LogP) is 1.88. The number of hydrogen-bond acceptors (Lipinski definition) is 3. The maximum absolute atomic E-state index is 13.5. The van der Waals surface area contributed by atoms with Gasteiger partial charge in [-0.3, -0.25) is 0 Å². The van der Waals surface area contributed by atoms with Crippen molar-refractivity contribution in [3.8, 4) is 5.75 Å². The Bertz CT molecular complexity index is 623. The molecule has 0 spiro atoms. The quantitative estimate of drug-likeness (QED) is 0.847. The van der Waals surface area contributed by atoms with Crippen molar-refractivity contribution in [3.63, 3.8) is 0 Å². The van der Waals surface area contributed by atoms with Crippen LogP contribution in [0.4, 0.5) is 8.78 Å². The van der Waals surface area contributed by atoms with Crippen molar-refractivity contribution in [2.24, 2.45) is 0 Å². The summed E-state index contributed by atoms with van der Waals surface area (Å²) in [5.74, 6) is -1.07. The highest BCUT2D eigenvalue weighted by atomic mass is 35.5. The summed E-state index contributed by atoms with van der Waals surface area (Å²) in [6, 6.07) is 7.29. The van der Waals surface area contributed by atoms with E-state index in [0.717, 1.165) is 12.1 Å². The third kappa shape index (κ3) is 3.48. The lowest BCUT2D eigenvalue weighted by molar-refractivity contribution is 0.300. The average molecular weight is 298 g/mol. The molecule has 0 atom stereocenters. The van der Waals surface area contributed by atoms with Crippen LogP contribution in [-0.4, -0.2) is 17.2 Å². The second kappa shape index (κ2) is 6.22. The summed E-state index contributed by atoms with van der Waals surface area (Å²) in [6.07, 6.45) is 0. The van der Waals surface area contributed by atoms with Crippen molar-refractivity contribution < 1.29 is 23.6 Å². The van der Waals surface area contributed by atoms with Crippen LogP contribution in [0, 0.1) is 11.6 Å². The minimum Gasteiger partial charge on any atom is -0.489 e. The average Bonchev–Trinajstić information content (AvgIpc) is 2.40. The molecule has 3 nitrogen and oxygen atoms in total. The second-order valence-corrected chi connectivity index (χ2v) is 4.52. The Balaban J connectivity index is 2.20. The molecule has 2 rings (SSSR count). The van der Waals surface area contributed by atoms with Gasteiger partial charge in [-0.15, -0.1) is 0 Å². The third-order valence-electron chi connectivity index (χ3n) is 2.64. The molecule has 2 aromatic carbocycles. The summed E-state index contributed by atoms with van der Waals surface area (Å²) < 4.78 is 31.8. The zero-order chi connectivity index (χ0) is 14.7. The maximum atomic E-state index is 13.5. The molecule has 20 heavy (non-hydrogen) atoms. The van der Waals surface area contributed by atoms with Crippen molar-refractivity contribution >= 4 is 24.2 Å². The largest absolute Gasteiger partial charge is 0.492 e. The molecule has 0 saturated carbocycles. The molecule has 0 radical (unpaired) electrons. The van der Waals surface area contributed by atoms with E-state index in [1.165, 1.54) is 24.3 Å². The highest BCUT2D eigenvalue weighted by Crippen LogP contribution is 2.17. The zero-order valence-corrected chi connectivity index (χ0v) is 10.9. The molecule has 0 aliphatic rings. The van der Waals surface area contributed by atoms with E-state index in [0.29, 0.717) is 5.02 Å². The predicted molar refractivity (Wildman–Crippen MR) is 72.0 cm³/mol. The van der Waals surface area contributed by atoms with Crippen LogP contribution < -0.4 is 10.2 Å². The third-order valence-corrected chi connectivity index (χ3v) is 2.88. The molecule has 0 heterocycles. The van der Waals surface area contributed by atoms with Crippen LogP contribution in [0.3, 0.4) is 0 Å². The summed E-state index contributed by atoms with van der Waals surface area (Å²) >= 11 is 5.75. The first-order valence-electron chi connectivity index (χ1n) is 5.69. The van der Waals surface area contributed by atoms with E-state index in [-0.39, 0.29) is 23.4 Å². The lowest BCUT2D eigenvalue weighted by Gasteiger charge is -2.12. The summed E-state index contributed by atoms with van der Waals surface area (Å²) in [4.78, 5) is 0. The highest BCUT2D eigenvalue weighted by molar-refractivity contribution is 6.59. The van der Waals surface area contributed by atoms with Crippen LogP contribution >= 0.6 is 11.6 Å². The molecular formula is C13H10BClF2O3. The van der Waals surface area contributed by atoms with Gasteiger partial charge in [-0.25, -0.2) is 8.78 Å². The molecule has 2 N–H and O–H groups in total. The van der Waals surface area contributed by atoms with Gasteiger partial charge in [-0.1, -0.05) is 11.6 Å². The SMILES string of the molecule is OB(O)c1cc(F)ccc1OCc1cc(Cl)ccc1F. The summed E-state index contributed by atoms with van der Waals surface area (Å²) in [7, 11) is -1.88. The number of ether oxygens (including phenoxy) is 1. The lowest BCUT2D eigenvalue weighted by atomic mass is 9.79. The lowest BCUT2D eigenvalue weighted by Crippen LogP contribution is -2.31. The molecule has 7 heteroatoms. The van der Waals surface area contributed by atoms with Gasteiger partial charge in [0.1, 0.15) is 24.0 Å². The van der Waals surface area contributed by atoms with Crippen molar-refractivity contribution in [2.75, 3.05) is 0 Å². The number of hydrogen-bond donors (Lipinski definition) is 2. The van der Waals surface area contributed by atoms with Gasteiger partial charge in [-0.2, -0.15) is 0 Å². The Kier molecular flexibility index (Phi) is 4.59. The van der Waals surface area contributed by atoms with Crippen LogP contribution in [0.5, 0.6) is 5.75 Å². The van der Waals surface area contributed by atoms with Crippen LogP contribution in [0.2, 0.25) is 5.02 Å². The van der Waals surface area contributed by atoms with E-state index >= 15 is 0 Å². The summed E-state index contributed by atoms with van der Waals surface area (Å²) in [5, 5.41) is 18.6. The van der Waals surface area contributed by atoms with Gasteiger partial charge >= 0.3 is 7.12 Å². The van der Waals surface area contributed by atoms with Crippen LogP contribution in [0.15, 0.2) is 36.4 Å². The molecule has 0 unspecified atom stereocenters. The molecule has 0 fully saturated rings. The van der Waals surface area contributed by atoms with E-state index < -0.39 is 18.8 Å². The van der Waals surface area contributed by atoms with E-state index in [1.807, 2.05) is 0 Å². The fourth-order valence-electron chi connectivity index (χ4n) is 1.66. The molecule has 104 valence electrons. The van der Waals surface area contributed by atoms with Crippen LogP contribution in [0.25, 0.3) is 0 Å². The van der Waals surface area contributed by atoms with Gasteiger partial charge in [-0.05, 0) is 36.4 Å². The van der Waals surface area contributed by atoms with Crippen molar-refractivity contribution in [2.45, 2.75) is 6.61 Å². The number of rotatable bonds is 4. The molecule has 0 amide bonds. The Labute approximate surface area is 119 Å². The van der Waals surface area contributed by atoms with Gasteiger partial charge in [0.15, 0.2) is 0 Å². The van der Waals surface area contributed by atoms with Gasteiger partial charge in [0.05, 0.1) is 0 Å². The van der Waals surface area contributed by atoms with Crippen LogP contribution in [-0.2, 0) is 6.61 Å². The first-order valence-corrected chi connectivity index (χ1v) is 6.07. The summed E-state index contributed by atoms with van der Waals surface area (Å²) in [6.45, 7) is -0.169. The van der Waals surface area contributed by atoms with E-state index in [9.17, 15) is 8.78 Å². The van der Waals surface area contributed by atoms with Crippen molar-refractivity contribution in [1.82, 2.24) is 0 Å². The van der Waals surface area contributed by atoms with Crippen LogP contribution in [0.1, 0.15) is 5.56 Å². The fourth-order valence-corrected chi connectivity index (χ4v) is 1.86. The second-order valence-electron chi connectivity index (χ2n) is 4.08. The zero-order valence-electron chi connectivity index (χ0n) is 10.2. The molecule has 0 aliphatic carbocycles. The number of benzene rings is 2. The Hall–Kier alpha value is -1.63. The Morgan fingerprint density at radius 1 is 1.10 bits per heavy atom. The normalized spacial score (nSPS) is 10.4. The van der Waals surface area contributed by atoms with Gasteiger partial charge < -0.3 is 14.8 Å². The summed E-state index contributed by atoms with van der Waals surface area (Å²) in [5.41, 5.74) is 0.0765. The Morgan fingerprint density at radius 3 is 2.55 bits per heavy atom. The minimum absolute atomic E-state index is 0.0563. The maximum Gasteiger partial charge on any atom is 0.492 e. The molecular weight excluding hydrogens is 288 g/mol. The molecule has 2 aromatic rings. The highest BCUT2D eigenvalue weighted by Gasteiger charge is 2.18. The standard InChI is InChI=1S/C13H10BClF2O3/c15-9-1-3-12(17)8(5-9)7-20-13-4-2-10(16)6-11(13)14(18)19/h1-6,18-19H,7H2. The van der Waals surface area contributed by atoms with Gasteiger partial charge in [0, 0.05) is 16.0 Å². The Morgan fingerprint density at radius 2 is 1.85 bits per heavy atom. The molecule has 0 aromatic heterocycles. The first-order chi connectivity index (χ1) is 9.47. The van der Waals surface area contributed by atoms with Gasteiger partial charge in [0.25, 0.3) is 0 Å². The van der Waals surface area contributed by atoms with Crippen molar-refractivity contribution in [1.29, 1.82) is 0 Å². The molecule has 0 aliphatic heterocycles. The van der Waals surface area contributed by atoms with E-state index in [2.05, 4.69) is 0 Å². The topological polar surface area (TPSA) is 49.7 Å².